The summed E-state index contributed by atoms with van der Waals surface area (Å²) >= 11 is 9.11. The van der Waals surface area contributed by atoms with Gasteiger partial charge in [-0.2, -0.15) is 0 Å². The number of hydrogen-bond donors (Lipinski definition) is 1. The Morgan fingerprint density at radius 2 is 2.04 bits per heavy atom. The molecule has 0 spiro atoms. The van der Waals surface area contributed by atoms with Crippen molar-refractivity contribution >= 4 is 45.7 Å². The third-order valence-electron chi connectivity index (χ3n) is 3.41. The van der Waals surface area contributed by atoms with Crippen LogP contribution in [0.3, 0.4) is 0 Å². The van der Waals surface area contributed by atoms with Gasteiger partial charge in [0.15, 0.2) is 4.34 Å². The number of nitrogens with zero attached hydrogens (tertiary/aromatic N) is 2. The topological polar surface area (TPSA) is 64.1 Å². The zero-order valence-electron chi connectivity index (χ0n) is 14.8. The van der Waals surface area contributed by atoms with Gasteiger partial charge in [0.25, 0.3) is 5.91 Å². The number of hydrogen-bond acceptors (Lipinski definition) is 6. The zero-order chi connectivity index (χ0) is 19.2. The van der Waals surface area contributed by atoms with E-state index in [0.717, 1.165) is 9.90 Å². The molecule has 8 heteroatoms. The molecule has 3 rings (SSSR count). The van der Waals surface area contributed by atoms with Crippen molar-refractivity contribution in [1.29, 1.82) is 0 Å². The van der Waals surface area contributed by atoms with Crippen LogP contribution in [0.4, 0.5) is 5.13 Å². The van der Waals surface area contributed by atoms with Crippen LogP contribution in [-0.4, -0.2) is 21.4 Å². The number of ether oxygens (including phenoxy) is 1. The van der Waals surface area contributed by atoms with E-state index in [1.54, 1.807) is 36.0 Å². The molecule has 0 saturated carbocycles. The number of aromatic nitrogens is 2. The molecular formula is C19H18ClN3O2S2. The number of carbonyl (C=O) groups is 1. The third kappa shape index (κ3) is 5.69. The highest BCUT2D eigenvalue weighted by molar-refractivity contribution is 8.01. The summed E-state index contributed by atoms with van der Waals surface area (Å²) in [6.07, 6.45) is 0. The van der Waals surface area contributed by atoms with Gasteiger partial charge in [0.1, 0.15) is 12.4 Å². The predicted molar refractivity (Wildman–Crippen MR) is 111 cm³/mol. The van der Waals surface area contributed by atoms with E-state index in [9.17, 15) is 4.79 Å². The smallest absolute Gasteiger partial charge is 0.257 e. The van der Waals surface area contributed by atoms with Gasteiger partial charge in [-0.1, -0.05) is 72.8 Å². The van der Waals surface area contributed by atoms with Crippen molar-refractivity contribution in [3.05, 3.63) is 64.7 Å². The molecule has 0 atom stereocenters. The van der Waals surface area contributed by atoms with E-state index < -0.39 is 0 Å². The van der Waals surface area contributed by atoms with Crippen LogP contribution in [0.5, 0.6) is 5.75 Å². The summed E-state index contributed by atoms with van der Waals surface area (Å²) in [6.45, 7) is 4.49. The Morgan fingerprint density at radius 3 is 2.81 bits per heavy atom. The van der Waals surface area contributed by atoms with E-state index in [-0.39, 0.29) is 5.91 Å². The fourth-order valence-corrected chi connectivity index (χ4v) is 4.34. The lowest BCUT2D eigenvalue weighted by Gasteiger charge is -2.09. The molecule has 27 heavy (non-hydrogen) atoms. The zero-order valence-corrected chi connectivity index (χ0v) is 17.2. The van der Waals surface area contributed by atoms with Crippen molar-refractivity contribution < 1.29 is 9.53 Å². The van der Waals surface area contributed by atoms with Crippen LogP contribution in [0.2, 0.25) is 5.02 Å². The van der Waals surface area contributed by atoms with E-state index >= 15 is 0 Å². The normalized spacial score (nSPS) is 10.8. The van der Waals surface area contributed by atoms with Crippen LogP contribution in [-0.2, 0) is 6.61 Å². The van der Waals surface area contributed by atoms with Crippen molar-refractivity contribution in [1.82, 2.24) is 10.2 Å². The van der Waals surface area contributed by atoms with Crippen LogP contribution < -0.4 is 10.1 Å². The molecule has 0 radical (unpaired) electrons. The van der Waals surface area contributed by atoms with Crippen molar-refractivity contribution in [3.8, 4) is 5.75 Å². The monoisotopic (exact) mass is 419 g/mol. The minimum atomic E-state index is -0.254. The standard InChI is InChI=1S/C19H18ClN3O2S2/c1-12(2)26-19-23-22-18(27-19)21-17(24)13-7-5-8-15(10-13)25-11-14-6-3-4-9-16(14)20/h3-10,12H,11H2,1-2H3,(H,21,22,24). The molecule has 1 aromatic heterocycles. The van der Waals surface area contributed by atoms with Gasteiger partial charge in [-0.15, -0.1) is 10.2 Å². The number of rotatable bonds is 7. The Kier molecular flexibility index (Phi) is 6.71. The van der Waals surface area contributed by atoms with Crippen molar-refractivity contribution in [2.45, 2.75) is 30.0 Å². The van der Waals surface area contributed by atoms with Crippen LogP contribution in [0.25, 0.3) is 0 Å². The number of anilines is 1. The maximum absolute atomic E-state index is 12.5. The fraction of sp³-hybridized carbons (Fsp3) is 0.211. The molecule has 0 bridgehead atoms. The first-order valence-corrected chi connectivity index (χ1v) is 10.4. The summed E-state index contributed by atoms with van der Waals surface area (Å²) in [7, 11) is 0. The molecule has 0 aliphatic rings. The van der Waals surface area contributed by atoms with E-state index in [1.807, 2.05) is 24.3 Å². The van der Waals surface area contributed by atoms with Gasteiger partial charge in [-0.3, -0.25) is 10.1 Å². The van der Waals surface area contributed by atoms with Gasteiger partial charge in [-0.25, -0.2) is 0 Å². The van der Waals surface area contributed by atoms with Gasteiger partial charge >= 0.3 is 0 Å². The molecule has 0 aliphatic carbocycles. The number of carbonyl (C=O) groups excluding carboxylic acids is 1. The molecule has 140 valence electrons. The van der Waals surface area contributed by atoms with Crippen molar-refractivity contribution in [2.75, 3.05) is 5.32 Å². The first kappa shape index (κ1) is 19.7. The predicted octanol–water partition coefficient (Wildman–Crippen LogP) is 5.52. The molecule has 1 amide bonds. The highest BCUT2D eigenvalue weighted by atomic mass is 35.5. The largest absolute Gasteiger partial charge is 0.489 e. The molecule has 0 fully saturated rings. The first-order chi connectivity index (χ1) is 13.0. The minimum Gasteiger partial charge on any atom is -0.489 e. The first-order valence-electron chi connectivity index (χ1n) is 8.29. The van der Waals surface area contributed by atoms with Crippen LogP contribution in [0.15, 0.2) is 52.9 Å². The molecule has 1 N–H and O–H groups in total. The number of halogens is 1. The van der Waals surface area contributed by atoms with E-state index in [2.05, 4.69) is 29.4 Å². The highest BCUT2D eigenvalue weighted by Crippen LogP contribution is 2.29. The summed E-state index contributed by atoms with van der Waals surface area (Å²) in [4.78, 5) is 12.5. The Balaban J connectivity index is 1.63. The van der Waals surface area contributed by atoms with Gasteiger partial charge in [0.2, 0.25) is 5.13 Å². The quantitative estimate of drug-likeness (QED) is 0.403. The molecule has 0 aliphatic heterocycles. The van der Waals surface area contributed by atoms with E-state index in [4.69, 9.17) is 16.3 Å². The average molecular weight is 420 g/mol. The lowest BCUT2D eigenvalue weighted by atomic mass is 10.2. The van der Waals surface area contributed by atoms with Gasteiger partial charge in [0.05, 0.1) is 0 Å². The van der Waals surface area contributed by atoms with Gasteiger partial charge in [-0.05, 0) is 24.3 Å². The molecule has 1 heterocycles. The number of nitrogens with one attached hydrogen (secondary N) is 1. The number of thioether (sulfide) groups is 1. The number of amides is 1. The average Bonchev–Trinajstić information content (AvgIpc) is 3.07. The summed E-state index contributed by atoms with van der Waals surface area (Å²) in [5.41, 5.74) is 1.37. The second-order valence-corrected chi connectivity index (χ2v) is 9.11. The lowest BCUT2D eigenvalue weighted by Crippen LogP contribution is -2.11. The second kappa shape index (κ2) is 9.21. The van der Waals surface area contributed by atoms with E-state index in [1.165, 1.54) is 11.3 Å². The summed E-state index contributed by atoms with van der Waals surface area (Å²) in [5.74, 6) is 0.339. The van der Waals surface area contributed by atoms with Crippen LogP contribution in [0.1, 0.15) is 29.8 Å². The van der Waals surface area contributed by atoms with Gasteiger partial charge in [0, 0.05) is 21.4 Å². The SMILES string of the molecule is CC(C)Sc1nnc(NC(=O)c2cccc(OCc3ccccc3Cl)c2)s1. The van der Waals surface area contributed by atoms with Crippen molar-refractivity contribution in [3.63, 3.8) is 0 Å². The summed E-state index contributed by atoms with van der Waals surface area (Å²) in [6, 6.07) is 14.5. The molecule has 0 saturated heterocycles. The fourth-order valence-electron chi connectivity index (χ4n) is 2.18. The number of benzene rings is 2. The molecule has 3 aromatic rings. The molecule has 0 unspecified atom stereocenters. The minimum absolute atomic E-state index is 0.254. The van der Waals surface area contributed by atoms with Crippen LogP contribution >= 0.6 is 34.7 Å². The molecular weight excluding hydrogens is 402 g/mol. The maximum atomic E-state index is 12.5. The Bertz CT molecular complexity index is 931. The Morgan fingerprint density at radius 1 is 1.22 bits per heavy atom. The Labute approximate surface area is 171 Å². The summed E-state index contributed by atoms with van der Waals surface area (Å²) in [5, 5.41) is 12.4. The Hall–Kier alpha value is -2.09. The summed E-state index contributed by atoms with van der Waals surface area (Å²) < 4.78 is 6.60. The third-order valence-corrected chi connectivity index (χ3v) is 5.71. The van der Waals surface area contributed by atoms with Gasteiger partial charge < -0.3 is 4.74 Å². The van der Waals surface area contributed by atoms with E-state index in [0.29, 0.717) is 33.3 Å². The lowest BCUT2D eigenvalue weighted by molar-refractivity contribution is 0.102. The van der Waals surface area contributed by atoms with Crippen LogP contribution in [0, 0.1) is 0 Å². The molecule has 2 aromatic carbocycles. The van der Waals surface area contributed by atoms with Crippen molar-refractivity contribution in [2.24, 2.45) is 0 Å². The molecule has 5 nitrogen and oxygen atoms in total. The highest BCUT2D eigenvalue weighted by Gasteiger charge is 2.12. The maximum Gasteiger partial charge on any atom is 0.257 e. The second-order valence-electron chi connectivity index (χ2n) is 5.90.